The van der Waals surface area contributed by atoms with E-state index in [4.69, 9.17) is 19.2 Å². The average Bonchev–Trinajstić information content (AvgIpc) is 2.75. The fourth-order valence-corrected chi connectivity index (χ4v) is 3.43. The van der Waals surface area contributed by atoms with Crippen molar-refractivity contribution in [1.29, 1.82) is 0 Å². The summed E-state index contributed by atoms with van der Waals surface area (Å²) in [7, 11) is 4.84. The molecule has 0 atom stereocenters. The average molecular weight is 371 g/mol. The van der Waals surface area contributed by atoms with E-state index in [1.54, 1.807) is 21.3 Å². The minimum atomic E-state index is 0.585. The third-order valence-electron chi connectivity index (χ3n) is 4.76. The smallest absolute Gasteiger partial charge is 0.203 e. The zero-order valence-corrected chi connectivity index (χ0v) is 16.1. The number of methoxy groups -OCH3 is 3. The predicted molar refractivity (Wildman–Crippen MR) is 114 cm³/mol. The number of nitrogens with zero attached hydrogens (tertiary/aromatic N) is 1. The van der Waals surface area contributed by atoms with Crippen LogP contribution in [0.3, 0.4) is 0 Å². The van der Waals surface area contributed by atoms with E-state index in [1.807, 2.05) is 48.5 Å². The summed E-state index contributed by atoms with van der Waals surface area (Å²) in [6.07, 6.45) is 4.17. The molecule has 3 aromatic carbocycles. The fraction of sp³-hybridized carbons (Fsp3) is 0.125. The molecule has 0 aliphatic carbocycles. The van der Waals surface area contributed by atoms with Gasteiger partial charge >= 0.3 is 0 Å². The molecule has 0 saturated heterocycles. The van der Waals surface area contributed by atoms with E-state index in [1.165, 1.54) is 0 Å². The first-order valence-corrected chi connectivity index (χ1v) is 9.00. The Labute approximate surface area is 164 Å². The summed E-state index contributed by atoms with van der Waals surface area (Å²) < 4.78 is 16.3. The van der Waals surface area contributed by atoms with E-state index in [0.717, 1.165) is 32.9 Å². The summed E-state index contributed by atoms with van der Waals surface area (Å²) in [6, 6.07) is 20.2. The molecular formula is C24H21NO3. The number of ether oxygens (including phenoxy) is 3. The minimum Gasteiger partial charge on any atom is -0.493 e. The molecule has 4 rings (SSSR count). The van der Waals surface area contributed by atoms with Crippen LogP contribution in [0, 0.1) is 0 Å². The van der Waals surface area contributed by atoms with Crippen molar-refractivity contribution < 1.29 is 14.2 Å². The van der Waals surface area contributed by atoms with Crippen LogP contribution in [-0.2, 0) is 0 Å². The van der Waals surface area contributed by atoms with Crippen LogP contribution in [0.25, 0.3) is 34.0 Å². The number of aromatic nitrogens is 1. The number of rotatable bonds is 5. The molecule has 0 N–H and O–H groups in total. The zero-order chi connectivity index (χ0) is 19.5. The maximum atomic E-state index is 5.46. The van der Waals surface area contributed by atoms with Gasteiger partial charge < -0.3 is 14.2 Å². The maximum Gasteiger partial charge on any atom is 0.203 e. The number of benzene rings is 3. The van der Waals surface area contributed by atoms with Gasteiger partial charge in [0.1, 0.15) is 0 Å². The molecule has 140 valence electrons. The largest absolute Gasteiger partial charge is 0.493 e. The van der Waals surface area contributed by atoms with Crippen LogP contribution in [0.5, 0.6) is 17.2 Å². The Balaban J connectivity index is 1.89. The SMILES string of the molecule is COc1cc(/C=C/c2c3ccccc3nc3ccccc23)cc(OC)c1OC. The van der Waals surface area contributed by atoms with Crippen molar-refractivity contribution in [2.24, 2.45) is 0 Å². The molecule has 4 nitrogen and oxygen atoms in total. The summed E-state index contributed by atoms with van der Waals surface area (Å²) in [5, 5.41) is 2.23. The van der Waals surface area contributed by atoms with Crippen LogP contribution in [0.4, 0.5) is 0 Å². The summed E-state index contributed by atoms with van der Waals surface area (Å²) in [5.41, 5.74) is 4.05. The van der Waals surface area contributed by atoms with E-state index in [9.17, 15) is 0 Å². The second kappa shape index (κ2) is 7.61. The van der Waals surface area contributed by atoms with Gasteiger partial charge in [0, 0.05) is 10.8 Å². The summed E-state index contributed by atoms with van der Waals surface area (Å²) in [4.78, 5) is 4.78. The van der Waals surface area contributed by atoms with Gasteiger partial charge in [-0.3, -0.25) is 0 Å². The molecule has 28 heavy (non-hydrogen) atoms. The molecule has 0 spiro atoms. The molecule has 0 radical (unpaired) electrons. The fourth-order valence-electron chi connectivity index (χ4n) is 3.43. The highest BCUT2D eigenvalue weighted by Crippen LogP contribution is 2.39. The highest BCUT2D eigenvalue weighted by Gasteiger charge is 2.12. The second-order valence-corrected chi connectivity index (χ2v) is 6.35. The lowest BCUT2D eigenvalue weighted by Gasteiger charge is -2.13. The Kier molecular flexibility index (Phi) is 4.85. The molecule has 4 aromatic rings. The summed E-state index contributed by atoms with van der Waals surface area (Å²) >= 11 is 0. The van der Waals surface area contributed by atoms with E-state index in [2.05, 4.69) is 24.3 Å². The second-order valence-electron chi connectivity index (χ2n) is 6.35. The van der Waals surface area contributed by atoms with E-state index >= 15 is 0 Å². The Hall–Kier alpha value is -3.53. The number of para-hydroxylation sites is 2. The quantitative estimate of drug-likeness (QED) is 0.429. The first-order chi connectivity index (χ1) is 13.7. The van der Waals surface area contributed by atoms with Crippen LogP contribution in [0.15, 0.2) is 60.7 Å². The van der Waals surface area contributed by atoms with Crippen molar-refractivity contribution >= 4 is 34.0 Å². The molecule has 1 aromatic heterocycles. The Morgan fingerprint density at radius 2 is 1.21 bits per heavy atom. The number of hydrogen-bond acceptors (Lipinski definition) is 4. The molecule has 0 amide bonds. The van der Waals surface area contributed by atoms with Crippen molar-refractivity contribution in [3.05, 3.63) is 71.8 Å². The molecule has 4 heteroatoms. The van der Waals surface area contributed by atoms with Gasteiger partial charge in [-0.1, -0.05) is 48.6 Å². The first-order valence-electron chi connectivity index (χ1n) is 9.00. The molecule has 1 heterocycles. The maximum absolute atomic E-state index is 5.46. The van der Waals surface area contributed by atoms with Crippen molar-refractivity contribution in [3.8, 4) is 17.2 Å². The van der Waals surface area contributed by atoms with Gasteiger partial charge in [0.25, 0.3) is 0 Å². The number of fused-ring (bicyclic) bond motifs is 2. The van der Waals surface area contributed by atoms with Gasteiger partial charge in [0.2, 0.25) is 5.75 Å². The van der Waals surface area contributed by atoms with Crippen molar-refractivity contribution in [2.75, 3.05) is 21.3 Å². The van der Waals surface area contributed by atoms with Gasteiger partial charge in [0.15, 0.2) is 11.5 Å². The van der Waals surface area contributed by atoms with Gasteiger partial charge in [-0.05, 0) is 35.4 Å². The monoisotopic (exact) mass is 371 g/mol. The lowest BCUT2D eigenvalue weighted by Crippen LogP contribution is -1.95. The molecule has 0 aliphatic heterocycles. The van der Waals surface area contributed by atoms with Crippen LogP contribution >= 0.6 is 0 Å². The molecule has 0 saturated carbocycles. The predicted octanol–water partition coefficient (Wildman–Crippen LogP) is 5.58. The zero-order valence-electron chi connectivity index (χ0n) is 16.1. The van der Waals surface area contributed by atoms with Gasteiger partial charge in [-0.2, -0.15) is 0 Å². The van der Waals surface area contributed by atoms with Gasteiger partial charge in [-0.25, -0.2) is 4.98 Å². The van der Waals surface area contributed by atoms with Crippen LogP contribution in [-0.4, -0.2) is 26.3 Å². The van der Waals surface area contributed by atoms with Crippen LogP contribution < -0.4 is 14.2 Å². The summed E-state index contributed by atoms with van der Waals surface area (Å²) in [6.45, 7) is 0. The van der Waals surface area contributed by atoms with Crippen molar-refractivity contribution in [1.82, 2.24) is 4.98 Å². The topological polar surface area (TPSA) is 40.6 Å². The van der Waals surface area contributed by atoms with Crippen molar-refractivity contribution in [3.63, 3.8) is 0 Å². The Bertz CT molecular complexity index is 1100. The molecule has 0 unspecified atom stereocenters. The highest BCUT2D eigenvalue weighted by molar-refractivity contribution is 6.04. The minimum absolute atomic E-state index is 0.585. The molecule has 0 aliphatic rings. The highest BCUT2D eigenvalue weighted by atomic mass is 16.5. The standard InChI is InChI=1S/C24H21NO3/c1-26-22-14-16(15-23(27-2)24(22)28-3)12-13-17-18-8-4-6-10-20(18)25-21-11-7-5-9-19(17)21/h4-15H,1-3H3/b13-12+. The normalized spacial score (nSPS) is 11.2. The third-order valence-corrected chi connectivity index (χ3v) is 4.76. The molecule has 0 fully saturated rings. The molecule has 0 bridgehead atoms. The molecular weight excluding hydrogens is 350 g/mol. The lowest BCUT2D eigenvalue weighted by molar-refractivity contribution is 0.324. The van der Waals surface area contributed by atoms with Crippen molar-refractivity contribution in [2.45, 2.75) is 0 Å². The van der Waals surface area contributed by atoms with E-state index < -0.39 is 0 Å². The number of pyridine rings is 1. The first kappa shape index (κ1) is 17.9. The van der Waals surface area contributed by atoms with Crippen LogP contribution in [0.1, 0.15) is 11.1 Å². The Morgan fingerprint density at radius 1 is 0.679 bits per heavy atom. The van der Waals surface area contributed by atoms with E-state index in [-0.39, 0.29) is 0 Å². The summed E-state index contributed by atoms with van der Waals surface area (Å²) in [5.74, 6) is 1.85. The third kappa shape index (κ3) is 3.14. The lowest BCUT2D eigenvalue weighted by atomic mass is 10.0. The van der Waals surface area contributed by atoms with Gasteiger partial charge in [-0.15, -0.1) is 0 Å². The number of hydrogen-bond donors (Lipinski definition) is 0. The van der Waals surface area contributed by atoms with Gasteiger partial charge in [0.05, 0.1) is 32.4 Å². The van der Waals surface area contributed by atoms with E-state index in [0.29, 0.717) is 17.2 Å². The Morgan fingerprint density at radius 3 is 1.71 bits per heavy atom. The van der Waals surface area contributed by atoms with Crippen LogP contribution in [0.2, 0.25) is 0 Å².